The highest BCUT2D eigenvalue weighted by atomic mass is 16.5. The largest absolute Gasteiger partial charge is 0.494 e. The molecule has 0 N–H and O–H groups in total. The minimum Gasteiger partial charge on any atom is -0.494 e. The lowest BCUT2D eigenvalue weighted by Gasteiger charge is -2.10. The number of benzene rings is 2. The van der Waals surface area contributed by atoms with Crippen molar-refractivity contribution in [3.63, 3.8) is 0 Å². The van der Waals surface area contributed by atoms with Gasteiger partial charge in [-0.3, -0.25) is 0 Å². The topological polar surface area (TPSA) is 62.3 Å². The predicted octanol–water partition coefficient (Wildman–Crippen LogP) is 4.97. The minimum atomic E-state index is 0.614. The van der Waals surface area contributed by atoms with Crippen LogP contribution in [0.2, 0.25) is 0 Å². The molecule has 2 aromatic carbocycles. The Labute approximate surface area is 176 Å². The Morgan fingerprint density at radius 1 is 1.13 bits per heavy atom. The average molecular weight is 403 g/mol. The van der Waals surface area contributed by atoms with Gasteiger partial charge in [-0.2, -0.15) is 5.10 Å². The van der Waals surface area contributed by atoms with Crippen LogP contribution in [0.15, 0.2) is 65.5 Å². The number of hydrogen-bond donors (Lipinski definition) is 0. The third kappa shape index (κ3) is 4.28. The molecule has 0 bridgehead atoms. The Kier molecular flexibility index (Phi) is 5.95. The van der Waals surface area contributed by atoms with E-state index in [1.165, 1.54) is 11.1 Å². The average Bonchev–Trinajstić information content (AvgIpc) is 3.46. The molecule has 4 rings (SSSR count). The summed E-state index contributed by atoms with van der Waals surface area (Å²) in [6.45, 7) is 5.42. The van der Waals surface area contributed by atoms with Gasteiger partial charge in [-0.1, -0.05) is 18.2 Å². The number of nitrogens with zero attached hydrogens (tertiary/aromatic N) is 3. The Bertz CT molecular complexity index is 1120. The minimum absolute atomic E-state index is 0.614. The maximum Gasteiger partial charge on any atom is 0.199 e. The quantitative estimate of drug-likeness (QED) is 0.416. The second kappa shape index (κ2) is 8.97. The highest BCUT2D eigenvalue weighted by molar-refractivity contribution is 5.63. The fraction of sp³-hybridized carbons (Fsp3) is 0.250. The first-order chi connectivity index (χ1) is 14.7. The van der Waals surface area contributed by atoms with Gasteiger partial charge in [0, 0.05) is 31.0 Å². The zero-order valence-electron chi connectivity index (χ0n) is 17.5. The second-order valence-electron chi connectivity index (χ2n) is 7.03. The zero-order valence-corrected chi connectivity index (χ0v) is 17.5. The molecule has 0 saturated heterocycles. The monoisotopic (exact) mass is 403 g/mol. The molecule has 2 aromatic heterocycles. The number of ether oxygens (including phenoxy) is 2. The Morgan fingerprint density at radius 2 is 2.03 bits per heavy atom. The van der Waals surface area contributed by atoms with Crippen molar-refractivity contribution in [1.29, 1.82) is 0 Å². The van der Waals surface area contributed by atoms with Crippen molar-refractivity contribution < 1.29 is 13.9 Å². The van der Waals surface area contributed by atoms with Crippen LogP contribution in [-0.4, -0.2) is 28.5 Å². The van der Waals surface area contributed by atoms with E-state index < -0.39 is 0 Å². The lowest BCUT2D eigenvalue weighted by Crippen LogP contribution is -1.98. The number of hydrogen-bond acceptors (Lipinski definition) is 5. The van der Waals surface area contributed by atoms with E-state index in [-0.39, 0.29) is 0 Å². The van der Waals surface area contributed by atoms with Gasteiger partial charge >= 0.3 is 0 Å². The number of methoxy groups -OCH3 is 1. The standard InChI is InChI=1S/C24H25N3O3/c1-4-29-16-18-7-6-17(2)20(12-18)14-24-25-15-23(30-24)19-8-9-21(22(13-19)28-3)27-11-5-10-26-27/h5-13,15H,4,14,16H2,1-3H3. The molecule has 0 aliphatic carbocycles. The molecular formula is C24H25N3O3. The molecule has 154 valence electrons. The smallest absolute Gasteiger partial charge is 0.199 e. The highest BCUT2D eigenvalue weighted by Crippen LogP contribution is 2.30. The summed E-state index contributed by atoms with van der Waals surface area (Å²) in [5.74, 6) is 2.10. The summed E-state index contributed by atoms with van der Waals surface area (Å²) in [6.07, 6.45) is 6.01. The fourth-order valence-electron chi connectivity index (χ4n) is 3.34. The normalized spacial score (nSPS) is 11.0. The number of rotatable bonds is 8. The van der Waals surface area contributed by atoms with E-state index in [4.69, 9.17) is 13.9 Å². The summed E-state index contributed by atoms with van der Waals surface area (Å²) < 4.78 is 18.9. The van der Waals surface area contributed by atoms with Crippen LogP contribution in [0.1, 0.15) is 29.5 Å². The van der Waals surface area contributed by atoms with Crippen molar-refractivity contribution in [3.05, 3.63) is 83.6 Å². The van der Waals surface area contributed by atoms with Gasteiger partial charge in [0.25, 0.3) is 0 Å². The summed E-state index contributed by atoms with van der Waals surface area (Å²) in [6, 6.07) is 14.1. The Balaban J connectivity index is 1.56. The first kappa shape index (κ1) is 19.9. The van der Waals surface area contributed by atoms with E-state index in [1.54, 1.807) is 24.2 Å². The van der Waals surface area contributed by atoms with Crippen LogP contribution in [0.4, 0.5) is 0 Å². The van der Waals surface area contributed by atoms with Gasteiger partial charge < -0.3 is 13.9 Å². The molecule has 6 heteroatoms. The van der Waals surface area contributed by atoms with Crippen molar-refractivity contribution in [2.24, 2.45) is 0 Å². The van der Waals surface area contributed by atoms with Crippen molar-refractivity contribution in [1.82, 2.24) is 14.8 Å². The van der Waals surface area contributed by atoms with E-state index in [0.717, 1.165) is 16.8 Å². The van der Waals surface area contributed by atoms with Crippen LogP contribution in [0.5, 0.6) is 5.75 Å². The highest BCUT2D eigenvalue weighted by Gasteiger charge is 2.13. The number of oxazole rings is 1. The predicted molar refractivity (Wildman–Crippen MR) is 115 cm³/mol. The van der Waals surface area contributed by atoms with Gasteiger partial charge in [-0.25, -0.2) is 9.67 Å². The molecule has 0 aliphatic rings. The van der Waals surface area contributed by atoms with Crippen LogP contribution in [0.3, 0.4) is 0 Å². The van der Waals surface area contributed by atoms with E-state index in [1.807, 2.05) is 37.4 Å². The molecule has 0 unspecified atom stereocenters. The summed E-state index contributed by atoms with van der Waals surface area (Å²) in [5.41, 5.74) is 5.33. The first-order valence-electron chi connectivity index (χ1n) is 9.97. The van der Waals surface area contributed by atoms with E-state index in [2.05, 4.69) is 35.2 Å². The zero-order chi connectivity index (χ0) is 20.9. The molecule has 0 saturated carbocycles. The van der Waals surface area contributed by atoms with E-state index >= 15 is 0 Å². The molecule has 0 radical (unpaired) electrons. The third-order valence-corrected chi connectivity index (χ3v) is 5.00. The Hall–Kier alpha value is -3.38. The third-order valence-electron chi connectivity index (χ3n) is 5.00. The van der Waals surface area contributed by atoms with E-state index in [9.17, 15) is 0 Å². The summed E-state index contributed by atoms with van der Waals surface area (Å²) in [5, 5.41) is 4.27. The molecule has 0 atom stereocenters. The van der Waals surface area contributed by atoms with Crippen LogP contribution in [0.25, 0.3) is 17.0 Å². The van der Waals surface area contributed by atoms with Gasteiger partial charge in [0.2, 0.25) is 0 Å². The molecule has 6 nitrogen and oxygen atoms in total. The van der Waals surface area contributed by atoms with Crippen molar-refractivity contribution in [2.75, 3.05) is 13.7 Å². The fourth-order valence-corrected chi connectivity index (χ4v) is 3.34. The number of aryl methyl sites for hydroxylation is 1. The van der Waals surface area contributed by atoms with Gasteiger partial charge in [-0.05, 0) is 54.8 Å². The molecule has 0 spiro atoms. The Morgan fingerprint density at radius 3 is 2.80 bits per heavy atom. The lowest BCUT2D eigenvalue weighted by atomic mass is 10.0. The van der Waals surface area contributed by atoms with Gasteiger partial charge in [0.05, 0.1) is 19.9 Å². The molecule has 0 aliphatic heterocycles. The summed E-state index contributed by atoms with van der Waals surface area (Å²) in [4.78, 5) is 4.49. The molecule has 0 amide bonds. The lowest BCUT2D eigenvalue weighted by molar-refractivity contribution is 0.134. The van der Waals surface area contributed by atoms with Crippen molar-refractivity contribution in [2.45, 2.75) is 26.9 Å². The second-order valence-corrected chi connectivity index (χ2v) is 7.03. The van der Waals surface area contributed by atoms with Crippen molar-refractivity contribution in [3.8, 4) is 22.8 Å². The van der Waals surface area contributed by atoms with Crippen LogP contribution in [0, 0.1) is 6.92 Å². The molecule has 0 fully saturated rings. The van der Waals surface area contributed by atoms with Crippen LogP contribution >= 0.6 is 0 Å². The molecule has 30 heavy (non-hydrogen) atoms. The van der Waals surface area contributed by atoms with Gasteiger partial charge in [0.1, 0.15) is 11.4 Å². The molecule has 4 aromatic rings. The van der Waals surface area contributed by atoms with Gasteiger partial charge in [-0.15, -0.1) is 0 Å². The SMILES string of the molecule is CCOCc1ccc(C)c(Cc2ncc(-c3ccc(-n4cccn4)c(OC)c3)o2)c1. The molecule has 2 heterocycles. The van der Waals surface area contributed by atoms with Gasteiger partial charge in [0.15, 0.2) is 11.7 Å². The molecular weight excluding hydrogens is 378 g/mol. The maximum atomic E-state index is 6.06. The summed E-state index contributed by atoms with van der Waals surface area (Å²) >= 11 is 0. The van der Waals surface area contributed by atoms with E-state index in [0.29, 0.717) is 37.0 Å². The first-order valence-corrected chi connectivity index (χ1v) is 9.97. The number of aromatic nitrogens is 3. The van der Waals surface area contributed by atoms with Crippen molar-refractivity contribution >= 4 is 0 Å². The van der Waals surface area contributed by atoms with Crippen LogP contribution in [-0.2, 0) is 17.8 Å². The maximum absolute atomic E-state index is 6.06. The summed E-state index contributed by atoms with van der Waals surface area (Å²) in [7, 11) is 1.65. The van der Waals surface area contributed by atoms with Crippen LogP contribution < -0.4 is 4.74 Å².